The third-order valence-electron chi connectivity index (χ3n) is 4.60. The van der Waals surface area contributed by atoms with Gasteiger partial charge in [-0.15, -0.1) is 11.3 Å². The Morgan fingerprint density at radius 2 is 1.79 bits per heavy atom. The number of imidazole rings is 1. The van der Waals surface area contributed by atoms with Crippen molar-refractivity contribution in [2.24, 2.45) is 0 Å². The molecule has 0 aliphatic carbocycles. The van der Waals surface area contributed by atoms with Gasteiger partial charge in [-0.25, -0.2) is 19.3 Å². The predicted octanol–water partition coefficient (Wildman–Crippen LogP) is 5.63. The number of hydrogen-bond acceptors (Lipinski definition) is 4. The summed E-state index contributed by atoms with van der Waals surface area (Å²) in [6.45, 7) is 1.97. The van der Waals surface area contributed by atoms with Crippen LogP contribution >= 0.6 is 11.3 Å². The molecule has 28 heavy (non-hydrogen) atoms. The van der Waals surface area contributed by atoms with Gasteiger partial charge in [-0.1, -0.05) is 30.3 Å². The van der Waals surface area contributed by atoms with E-state index >= 15 is 0 Å². The van der Waals surface area contributed by atoms with Gasteiger partial charge in [0, 0.05) is 23.5 Å². The number of aryl methyl sites for hydroxylation is 1. The van der Waals surface area contributed by atoms with Gasteiger partial charge in [0.1, 0.15) is 5.82 Å². The zero-order valence-corrected chi connectivity index (χ0v) is 15.8. The van der Waals surface area contributed by atoms with Crippen LogP contribution < -0.4 is 0 Å². The van der Waals surface area contributed by atoms with E-state index < -0.39 is 0 Å². The first-order valence-corrected chi connectivity index (χ1v) is 9.63. The largest absolute Gasteiger partial charge is 0.284 e. The maximum atomic E-state index is 14.4. The molecule has 0 bridgehead atoms. The lowest BCUT2D eigenvalue weighted by Crippen LogP contribution is -1.93. The average Bonchev–Trinajstić information content (AvgIpc) is 3.35. The Bertz CT molecular complexity index is 1290. The summed E-state index contributed by atoms with van der Waals surface area (Å²) in [6.07, 6.45) is 5.54. The molecule has 0 saturated carbocycles. The van der Waals surface area contributed by atoms with Gasteiger partial charge in [-0.3, -0.25) is 4.40 Å². The van der Waals surface area contributed by atoms with Gasteiger partial charge in [0.25, 0.3) is 0 Å². The zero-order valence-electron chi connectivity index (χ0n) is 15.0. The van der Waals surface area contributed by atoms with E-state index in [9.17, 15) is 4.39 Å². The van der Waals surface area contributed by atoms with Crippen LogP contribution in [0.3, 0.4) is 0 Å². The Morgan fingerprint density at radius 3 is 2.57 bits per heavy atom. The highest BCUT2D eigenvalue weighted by Crippen LogP contribution is 2.30. The number of benzene rings is 2. The summed E-state index contributed by atoms with van der Waals surface area (Å²) in [5.41, 5.74) is 4.01. The number of hydrogen-bond donors (Lipinski definition) is 0. The third kappa shape index (κ3) is 2.88. The van der Waals surface area contributed by atoms with Crippen LogP contribution in [-0.4, -0.2) is 19.4 Å². The van der Waals surface area contributed by atoms with E-state index in [-0.39, 0.29) is 5.82 Å². The lowest BCUT2D eigenvalue weighted by Gasteiger charge is -2.07. The van der Waals surface area contributed by atoms with Gasteiger partial charge in [-0.2, -0.15) is 0 Å². The van der Waals surface area contributed by atoms with Crippen molar-refractivity contribution in [1.29, 1.82) is 0 Å². The van der Waals surface area contributed by atoms with E-state index in [4.69, 9.17) is 0 Å². The lowest BCUT2D eigenvalue weighted by atomic mass is 10.0. The number of aromatic nitrogens is 4. The van der Waals surface area contributed by atoms with Gasteiger partial charge in [0.2, 0.25) is 5.78 Å². The molecule has 0 fully saturated rings. The van der Waals surface area contributed by atoms with Gasteiger partial charge in [0.05, 0.1) is 27.5 Å². The van der Waals surface area contributed by atoms with Crippen LogP contribution in [0.2, 0.25) is 0 Å². The summed E-state index contributed by atoms with van der Waals surface area (Å²) < 4.78 is 16.3. The normalized spacial score (nSPS) is 11.2. The molecule has 5 aromatic rings. The number of fused-ring (bicyclic) bond motifs is 1. The van der Waals surface area contributed by atoms with Crippen LogP contribution in [0, 0.1) is 12.7 Å². The summed E-state index contributed by atoms with van der Waals surface area (Å²) in [5, 5.41) is 1.00. The number of nitrogens with zero attached hydrogens (tertiary/aromatic N) is 4. The fourth-order valence-electron chi connectivity index (χ4n) is 3.23. The minimum Gasteiger partial charge on any atom is -0.284 e. The highest BCUT2D eigenvalue weighted by atomic mass is 32.1. The summed E-state index contributed by atoms with van der Waals surface area (Å²) in [6, 6.07) is 16.6. The van der Waals surface area contributed by atoms with Gasteiger partial charge >= 0.3 is 0 Å². The molecule has 0 spiro atoms. The quantitative estimate of drug-likeness (QED) is 0.403. The number of rotatable bonds is 3. The van der Waals surface area contributed by atoms with Crippen LogP contribution in [0.4, 0.5) is 4.39 Å². The highest BCUT2D eigenvalue weighted by Gasteiger charge is 2.13. The van der Waals surface area contributed by atoms with E-state index in [1.54, 1.807) is 23.6 Å². The van der Waals surface area contributed by atoms with Crippen molar-refractivity contribution >= 4 is 17.1 Å². The molecular weight excluding hydrogens is 371 g/mol. The van der Waals surface area contributed by atoms with Crippen LogP contribution in [0.15, 0.2) is 73.2 Å². The topological polar surface area (TPSA) is 43.1 Å². The van der Waals surface area contributed by atoms with Crippen molar-refractivity contribution in [2.75, 3.05) is 0 Å². The molecule has 0 saturated heterocycles. The minimum absolute atomic E-state index is 0.246. The summed E-state index contributed by atoms with van der Waals surface area (Å²) in [7, 11) is 0. The predicted molar refractivity (Wildman–Crippen MR) is 110 cm³/mol. The number of thiazole rings is 1. The minimum atomic E-state index is -0.246. The maximum Gasteiger partial charge on any atom is 0.234 e. The van der Waals surface area contributed by atoms with Crippen LogP contribution in [0.5, 0.6) is 0 Å². The molecule has 0 unspecified atom stereocenters. The Kier molecular flexibility index (Phi) is 3.98. The van der Waals surface area contributed by atoms with E-state index in [1.165, 1.54) is 6.07 Å². The first-order chi connectivity index (χ1) is 13.7. The SMILES string of the molecule is Cc1ncc(-c2ccn3c(-c4ccc(F)c(-c5ccccc5)c4)cnc3n2)s1. The number of halogens is 1. The van der Waals surface area contributed by atoms with Crippen molar-refractivity contribution in [1.82, 2.24) is 19.4 Å². The molecule has 0 amide bonds. The molecule has 2 aromatic carbocycles. The Morgan fingerprint density at radius 1 is 0.929 bits per heavy atom. The standard InChI is InChI=1S/C22H15FN4S/c1-14-24-13-21(28-14)19-9-10-27-20(12-25-22(27)26-19)16-7-8-18(23)17(11-16)15-5-3-2-4-6-15/h2-13H,1H3. The molecule has 0 aliphatic rings. The second-order valence-corrected chi connectivity index (χ2v) is 7.67. The van der Waals surface area contributed by atoms with Gasteiger partial charge in [0.15, 0.2) is 0 Å². The van der Waals surface area contributed by atoms with Crippen molar-refractivity contribution in [3.05, 3.63) is 84.0 Å². The van der Waals surface area contributed by atoms with E-state index in [0.29, 0.717) is 11.3 Å². The fourth-order valence-corrected chi connectivity index (χ4v) is 3.97. The summed E-state index contributed by atoms with van der Waals surface area (Å²) in [5.74, 6) is 0.355. The van der Waals surface area contributed by atoms with Crippen molar-refractivity contribution in [3.63, 3.8) is 0 Å². The van der Waals surface area contributed by atoms with E-state index in [1.807, 2.05) is 66.2 Å². The second kappa shape index (κ2) is 6.65. The smallest absolute Gasteiger partial charge is 0.234 e. The molecule has 3 heterocycles. The van der Waals surface area contributed by atoms with Crippen molar-refractivity contribution in [3.8, 4) is 33.0 Å². The summed E-state index contributed by atoms with van der Waals surface area (Å²) in [4.78, 5) is 14.4. The Hall–Kier alpha value is -3.38. The highest BCUT2D eigenvalue weighted by molar-refractivity contribution is 7.15. The maximum absolute atomic E-state index is 14.4. The molecule has 0 aliphatic heterocycles. The first-order valence-electron chi connectivity index (χ1n) is 8.81. The third-order valence-corrected chi connectivity index (χ3v) is 5.54. The molecule has 4 nitrogen and oxygen atoms in total. The van der Waals surface area contributed by atoms with Gasteiger partial charge in [-0.05, 0) is 36.8 Å². The average molecular weight is 386 g/mol. The van der Waals surface area contributed by atoms with Crippen molar-refractivity contribution in [2.45, 2.75) is 6.92 Å². The molecule has 0 atom stereocenters. The van der Waals surface area contributed by atoms with Gasteiger partial charge < -0.3 is 0 Å². The molecule has 6 heteroatoms. The monoisotopic (exact) mass is 386 g/mol. The first kappa shape index (κ1) is 16.8. The van der Waals surface area contributed by atoms with E-state index in [0.717, 1.165) is 32.4 Å². The molecule has 0 radical (unpaired) electrons. The van der Waals surface area contributed by atoms with Crippen molar-refractivity contribution < 1.29 is 4.39 Å². The molecular formula is C22H15FN4S. The Labute approximate surface area is 165 Å². The second-order valence-electron chi connectivity index (χ2n) is 6.43. The molecule has 3 aromatic heterocycles. The molecule has 5 rings (SSSR count). The zero-order chi connectivity index (χ0) is 19.1. The Balaban J connectivity index is 1.60. The fraction of sp³-hybridized carbons (Fsp3) is 0.0455. The molecule has 136 valence electrons. The van der Waals surface area contributed by atoms with E-state index in [2.05, 4.69) is 15.0 Å². The van der Waals surface area contributed by atoms with Crippen LogP contribution in [0.25, 0.3) is 38.7 Å². The van der Waals surface area contributed by atoms with Crippen LogP contribution in [-0.2, 0) is 0 Å². The van der Waals surface area contributed by atoms with Crippen LogP contribution in [0.1, 0.15) is 5.01 Å². The molecule has 0 N–H and O–H groups in total. The lowest BCUT2D eigenvalue weighted by molar-refractivity contribution is 0.631. The summed E-state index contributed by atoms with van der Waals surface area (Å²) >= 11 is 1.60.